The fourth-order valence-corrected chi connectivity index (χ4v) is 6.58. The number of aliphatic hydroxyl groups excluding tert-OH is 2. The summed E-state index contributed by atoms with van der Waals surface area (Å²) in [5, 5.41) is 47.4. The van der Waals surface area contributed by atoms with Gasteiger partial charge < -0.3 is 31.5 Å². The standard InChI is InChI=1S/C32H30N2O8/c1-14(2)23-21-13-18-12-20-17(7-4-16-5-9-19(10-6-16)34-15(3)35)8-11-22(36)25(20)28(38)24(18)29(39)32(21,42)30(40)26(27(23)37)31(33)41/h5-6,8-11,14,18,21,23,36,38,40,42H,12-13H2,1-3H3,(H2,33,41)(H,34,35)/t18-,21-,23-,32-/m0/s1. The summed E-state index contributed by atoms with van der Waals surface area (Å²) in [7, 11) is 0. The molecule has 0 bridgehead atoms. The molecule has 3 aliphatic carbocycles. The number of carbonyl (C=O) groups excluding carboxylic acids is 4. The Hall–Kier alpha value is -4.88. The highest BCUT2D eigenvalue weighted by molar-refractivity contribution is 6.23. The molecule has 0 aromatic heterocycles. The summed E-state index contributed by atoms with van der Waals surface area (Å²) in [5.41, 5.74) is 3.92. The Balaban J connectivity index is 1.61. The van der Waals surface area contributed by atoms with Gasteiger partial charge in [-0.3, -0.25) is 19.2 Å². The Kier molecular flexibility index (Phi) is 6.95. The fraction of sp³-hybridized carbons (Fsp3) is 0.312. The maximum Gasteiger partial charge on any atom is 0.255 e. The number of primary amides is 1. The first kappa shape index (κ1) is 28.6. The molecule has 2 aromatic carbocycles. The first-order chi connectivity index (χ1) is 19.8. The third-order valence-corrected chi connectivity index (χ3v) is 8.40. The minimum atomic E-state index is -2.65. The summed E-state index contributed by atoms with van der Waals surface area (Å²) < 4.78 is 0. The van der Waals surface area contributed by atoms with Gasteiger partial charge in [0.1, 0.15) is 22.8 Å². The SMILES string of the molecule is CC(=O)Nc1ccc(C#Cc2ccc(O)c3c2C[C@H]2C[C@H]4[C@H](C(C)C)C(=O)C(C(N)=O)=C(O)[C@@]4(O)C(=O)C2=C3O)cc1. The molecule has 0 radical (unpaired) electrons. The van der Waals surface area contributed by atoms with Gasteiger partial charge in [-0.25, -0.2) is 0 Å². The van der Waals surface area contributed by atoms with E-state index in [-0.39, 0.29) is 35.6 Å². The maximum absolute atomic E-state index is 13.9. The van der Waals surface area contributed by atoms with Crippen LogP contribution in [0.25, 0.3) is 5.76 Å². The molecule has 1 fully saturated rings. The van der Waals surface area contributed by atoms with Crippen LogP contribution in [0.4, 0.5) is 5.69 Å². The van der Waals surface area contributed by atoms with Crippen LogP contribution in [0.3, 0.4) is 0 Å². The molecule has 0 aliphatic heterocycles. The first-order valence-corrected chi connectivity index (χ1v) is 13.5. The number of phenolic OH excluding ortho intramolecular Hbond substituents is 1. The van der Waals surface area contributed by atoms with Crippen molar-refractivity contribution in [2.24, 2.45) is 29.4 Å². The third kappa shape index (κ3) is 4.33. The Morgan fingerprint density at radius 1 is 1.05 bits per heavy atom. The van der Waals surface area contributed by atoms with E-state index in [4.69, 9.17) is 5.73 Å². The van der Waals surface area contributed by atoms with E-state index in [1.807, 2.05) is 0 Å². The predicted molar refractivity (Wildman–Crippen MR) is 152 cm³/mol. The van der Waals surface area contributed by atoms with E-state index < -0.39 is 63.8 Å². The minimum absolute atomic E-state index is 0.0182. The normalized spacial score (nSPS) is 24.8. The maximum atomic E-state index is 13.9. The number of aliphatic hydroxyl groups is 3. The molecule has 0 unspecified atom stereocenters. The lowest BCUT2D eigenvalue weighted by atomic mass is 9.54. The van der Waals surface area contributed by atoms with Crippen LogP contribution >= 0.6 is 0 Å². The number of ketones is 2. The van der Waals surface area contributed by atoms with E-state index in [9.17, 15) is 39.6 Å². The van der Waals surface area contributed by atoms with Crippen LogP contribution in [-0.2, 0) is 25.6 Å². The molecule has 1 saturated carbocycles. The second-order valence-electron chi connectivity index (χ2n) is 11.3. The molecule has 10 heteroatoms. The number of amides is 2. The highest BCUT2D eigenvalue weighted by Crippen LogP contribution is 2.54. The lowest BCUT2D eigenvalue weighted by molar-refractivity contribution is -0.155. The number of aromatic hydroxyl groups is 1. The number of Topliss-reactive ketones (excluding diaryl/α,β-unsaturated/α-hetero) is 2. The fourth-order valence-electron chi connectivity index (χ4n) is 6.58. The minimum Gasteiger partial charge on any atom is -0.508 e. The molecule has 2 aromatic rings. The molecule has 0 saturated heterocycles. The highest BCUT2D eigenvalue weighted by atomic mass is 16.3. The molecule has 4 atom stereocenters. The van der Waals surface area contributed by atoms with Gasteiger partial charge in [0.15, 0.2) is 11.4 Å². The summed E-state index contributed by atoms with van der Waals surface area (Å²) in [4.78, 5) is 50.6. The number of nitrogens with one attached hydrogen (secondary N) is 1. The Labute approximate surface area is 241 Å². The lowest BCUT2D eigenvalue weighted by Gasteiger charge is -2.50. The monoisotopic (exact) mass is 570 g/mol. The highest BCUT2D eigenvalue weighted by Gasteiger charge is 2.64. The average molecular weight is 571 g/mol. The number of anilines is 1. The van der Waals surface area contributed by atoms with E-state index in [0.29, 0.717) is 22.4 Å². The van der Waals surface area contributed by atoms with Crippen LogP contribution in [0.15, 0.2) is 53.3 Å². The quantitative estimate of drug-likeness (QED) is 0.240. The average Bonchev–Trinajstić information content (AvgIpc) is 2.90. The first-order valence-electron chi connectivity index (χ1n) is 13.5. The van der Waals surface area contributed by atoms with Gasteiger partial charge in [-0.15, -0.1) is 0 Å². The van der Waals surface area contributed by atoms with Crippen LogP contribution in [0, 0.1) is 35.5 Å². The van der Waals surface area contributed by atoms with Crippen LogP contribution < -0.4 is 11.1 Å². The van der Waals surface area contributed by atoms with Crippen molar-refractivity contribution in [2.75, 3.05) is 5.32 Å². The summed E-state index contributed by atoms with van der Waals surface area (Å²) in [6.07, 6.45) is 0.179. The molecule has 0 heterocycles. The molecule has 0 spiro atoms. The second-order valence-corrected chi connectivity index (χ2v) is 11.3. The van der Waals surface area contributed by atoms with E-state index >= 15 is 0 Å². The van der Waals surface area contributed by atoms with Crippen molar-refractivity contribution < 1.29 is 39.6 Å². The van der Waals surface area contributed by atoms with Crippen LogP contribution in [-0.4, -0.2) is 49.4 Å². The molecule has 5 rings (SSSR count). The molecular weight excluding hydrogens is 540 g/mol. The van der Waals surface area contributed by atoms with E-state index in [0.717, 1.165) is 0 Å². The van der Waals surface area contributed by atoms with Gasteiger partial charge in [0.25, 0.3) is 5.91 Å². The molecule has 10 nitrogen and oxygen atoms in total. The zero-order valence-corrected chi connectivity index (χ0v) is 23.2. The van der Waals surface area contributed by atoms with Gasteiger partial charge in [-0.2, -0.15) is 0 Å². The molecule has 2 amide bonds. The van der Waals surface area contributed by atoms with Crippen molar-refractivity contribution >= 4 is 34.8 Å². The van der Waals surface area contributed by atoms with Crippen molar-refractivity contribution in [1.29, 1.82) is 0 Å². The number of fused-ring (bicyclic) bond motifs is 3. The van der Waals surface area contributed by atoms with Crippen molar-refractivity contribution in [3.8, 4) is 17.6 Å². The van der Waals surface area contributed by atoms with Crippen molar-refractivity contribution in [3.63, 3.8) is 0 Å². The number of rotatable bonds is 3. The number of phenols is 1. The number of carbonyl (C=O) groups is 4. The number of benzene rings is 2. The van der Waals surface area contributed by atoms with Gasteiger partial charge in [0, 0.05) is 41.1 Å². The Morgan fingerprint density at radius 3 is 2.31 bits per heavy atom. The van der Waals surface area contributed by atoms with Gasteiger partial charge in [0.2, 0.25) is 11.7 Å². The van der Waals surface area contributed by atoms with E-state index in [1.165, 1.54) is 13.0 Å². The van der Waals surface area contributed by atoms with E-state index in [1.54, 1.807) is 44.2 Å². The topological polar surface area (TPSA) is 187 Å². The smallest absolute Gasteiger partial charge is 0.255 e. The van der Waals surface area contributed by atoms with Crippen LogP contribution in [0.2, 0.25) is 0 Å². The number of hydrogen-bond donors (Lipinski definition) is 6. The zero-order valence-electron chi connectivity index (χ0n) is 23.2. The largest absolute Gasteiger partial charge is 0.508 e. The third-order valence-electron chi connectivity index (χ3n) is 8.40. The molecular formula is C32H30N2O8. The molecule has 216 valence electrons. The second kappa shape index (κ2) is 10.2. The zero-order chi connectivity index (χ0) is 30.7. The molecule has 3 aliphatic rings. The number of nitrogens with two attached hydrogens (primary N) is 1. The molecule has 7 N–H and O–H groups in total. The molecule has 42 heavy (non-hydrogen) atoms. The summed E-state index contributed by atoms with van der Waals surface area (Å²) >= 11 is 0. The van der Waals surface area contributed by atoms with Crippen molar-refractivity contribution in [3.05, 3.63) is 75.6 Å². The van der Waals surface area contributed by atoms with Gasteiger partial charge in [-0.05, 0) is 66.6 Å². The summed E-state index contributed by atoms with van der Waals surface area (Å²) in [5.74, 6) is -2.30. The van der Waals surface area contributed by atoms with Crippen molar-refractivity contribution in [1.82, 2.24) is 0 Å². The summed E-state index contributed by atoms with van der Waals surface area (Å²) in [6, 6.07) is 9.80. The van der Waals surface area contributed by atoms with Crippen LogP contribution in [0.1, 0.15) is 49.4 Å². The van der Waals surface area contributed by atoms with Crippen molar-refractivity contribution in [2.45, 2.75) is 39.2 Å². The van der Waals surface area contributed by atoms with Crippen LogP contribution in [0.5, 0.6) is 5.75 Å². The van der Waals surface area contributed by atoms with E-state index in [2.05, 4.69) is 17.2 Å². The predicted octanol–water partition coefficient (Wildman–Crippen LogP) is 2.66. The van der Waals surface area contributed by atoms with Gasteiger partial charge >= 0.3 is 0 Å². The van der Waals surface area contributed by atoms with Gasteiger partial charge in [0.05, 0.1) is 5.56 Å². The van der Waals surface area contributed by atoms with Gasteiger partial charge in [-0.1, -0.05) is 25.7 Å². The Morgan fingerprint density at radius 2 is 1.71 bits per heavy atom. The summed E-state index contributed by atoms with van der Waals surface area (Å²) in [6.45, 7) is 4.83. The Bertz CT molecular complexity index is 1690. The lowest BCUT2D eigenvalue weighted by Crippen LogP contribution is -2.62. The number of hydrogen-bond acceptors (Lipinski definition) is 8.